The van der Waals surface area contributed by atoms with Gasteiger partial charge < -0.3 is 5.73 Å². The Balaban J connectivity index is 2.16. The van der Waals surface area contributed by atoms with E-state index in [9.17, 15) is 4.79 Å². The van der Waals surface area contributed by atoms with Crippen LogP contribution in [0.3, 0.4) is 0 Å². The monoisotopic (exact) mass is 265 g/mol. The minimum absolute atomic E-state index is 0.401. The van der Waals surface area contributed by atoms with Crippen molar-refractivity contribution in [2.24, 2.45) is 5.73 Å². The van der Waals surface area contributed by atoms with Crippen LogP contribution in [0.2, 0.25) is 0 Å². The molecule has 0 unspecified atom stereocenters. The van der Waals surface area contributed by atoms with E-state index in [4.69, 9.17) is 5.73 Å². The predicted molar refractivity (Wildman–Crippen MR) is 84.4 cm³/mol. The second-order valence-corrected chi connectivity index (χ2v) is 5.14. The molecule has 2 nitrogen and oxygen atoms in total. The van der Waals surface area contributed by atoms with Crippen LogP contribution in [0.15, 0.2) is 48.5 Å². The zero-order valence-corrected chi connectivity index (χ0v) is 11.8. The first-order valence-electron chi connectivity index (χ1n) is 6.74. The van der Waals surface area contributed by atoms with E-state index in [1.165, 1.54) is 5.56 Å². The normalized spacial score (nSPS) is 11.2. The first-order valence-corrected chi connectivity index (χ1v) is 6.74. The van der Waals surface area contributed by atoms with Gasteiger partial charge in [-0.3, -0.25) is 4.79 Å². The zero-order valence-electron chi connectivity index (χ0n) is 11.8. The van der Waals surface area contributed by atoms with E-state index in [0.717, 1.165) is 11.1 Å². The predicted octanol–water partition coefficient (Wildman–Crippen LogP) is 4.08. The molecule has 0 bridgehead atoms. The van der Waals surface area contributed by atoms with Crippen LogP contribution in [0.4, 0.5) is 0 Å². The van der Waals surface area contributed by atoms with Crippen LogP contribution >= 0.6 is 0 Å². The van der Waals surface area contributed by atoms with Crippen LogP contribution in [0, 0.1) is 0 Å². The van der Waals surface area contributed by atoms with Gasteiger partial charge in [-0.05, 0) is 34.7 Å². The maximum atomic E-state index is 11.1. The molecule has 0 saturated carbocycles. The molecule has 0 aliphatic rings. The molecular formula is C18H19NO. The molecule has 0 aliphatic carbocycles. The number of nitrogens with two attached hydrogens (primary N) is 1. The van der Waals surface area contributed by atoms with Crippen molar-refractivity contribution in [2.45, 2.75) is 19.8 Å². The molecule has 0 fully saturated rings. The average molecular weight is 265 g/mol. The van der Waals surface area contributed by atoms with Gasteiger partial charge in [-0.2, -0.15) is 0 Å². The molecule has 0 heterocycles. The third-order valence-corrected chi connectivity index (χ3v) is 3.24. The fourth-order valence-electron chi connectivity index (χ4n) is 1.98. The molecule has 0 aliphatic heterocycles. The molecule has 2 rings (SSSR count). The summed E-state index contributed by atoms with van der Waals surface area (Å²) in [5.41, 5.74) is 9.24. The van der Waals surface area contributed by atoms with Gasteiger partial charge in [0.1, 0.15) is 0 Å². The molecule has 2 aromatic rings. The Morgan fingerprint density at radius 3 is 2.25 bits per heavy atom. The van der Waals surface area contributed by atoms with Crippen molar-refractivity contribution in [1.82, 2.24) is 0 Å². The van der Waals surface area contributed by atoms with Crippen LogP contribution in [0.1, 0.15) is 46.8 Å². The van der Waals surface area contributed by atoms with Gasteiger partial charge in [0.25, 0.3) is 0 Å². The highest BCUT2D eigenvalue weighted by molar-refractivity contribution is 5.93. The van der Waals surface area contributed by atoms with E-state index in [1.54, 1.807) is 12.1 Å². The van der Waals surface area contributed by atoms with Crippen LogP contribution in [-0.2, 0) is 0 Å². The highest BCUT2D eigenvalue weighted by Gasteiger charge is 1.99. The Morgan fingerprint density at radius 2 is 1.65 bits per heavy atom. The van der Waals surface area contributed by atoms with Crippen molar-refractivity contribution in [1.29, 1.82) is 0 Å². The van der Waals surface area contributed by atoms with Gasteiger partial charge in [0.15, 0.2) is 0 Å². The lowest BCUT2D eigenvalue weighted by molar-refractivity contribution is 0.100. The quantitative estimate of drug-likeness (QED) is 0.832. The third-order valence-electron chi connectivity index (χ3n) is 3.24. The van der Waals surface area contributed by atoms with E-state index < -0.39 is 5.91 Å². The topological polar surface area (TPSA) is 43.1 Å². The summed E-state index contributed by atoms with van der Waals surface area (Å²) in [5.74, 6) is 0.141. The summed E-state index contributed by atoms with van der Waals surface area (Å²) >= 11 is 0. The Bertz CT molecular complexity index is 624. The van der Waals surface area contributed by atoms with Gasteiger partial charge in [0, 0.05) is 5.56 Å². The van der Waals surface area contributed by atoms with Crippen molar-refractivity contribution in [3.63, 3.8) is 0 Å². The van der Waals surface area contributed by atoms with Crippen LogP contribution in [0.5, 0.6) is 0 Å². The number of amides is 1. The first kappa shape index (κ1) is 14.1. The van der Waals surface area contributed by atoms with Crippen molar-refractivity contribution in [2.75, 3.05) is 0 Å². The number of hydrogen-bond donors (Lipinski definition) is 1. The lowest BCUT2D eigenvalue weighted by Crippen LogP contribution is -2.10. The minimum Gasteiger partial charge on any atom is -0.366 e. The van der Waals surface area contributed by atoms with E-state index in [1.807, 2.05) is 24.3 Å². The molecule has 0 saturated heterocycles. The summed E-state index contributed by atoms with van der Waals surface area (Å²) in [6.07, 6.45) is 4.01. The number of benzene rings is 2. The van der Waals surface area contributed by atoms with Crippen LogP contribution in [0.25, 0.3) is 12.2 Å². The van der Waals surface area contributed by atoms with Crippen molar-refractivity contribution >= 4 is 18.1 Å². The Morgan fingerprint density at radius 1 is 1.00 bits per heavy atom. The van der Waals surface area contributed by atoms with Crippen molar-refractivity contribution < 1.29 is 4.79 Å². The smallest absolute Gasteiger partial charge is 0.248 e. The van der Waals surface area contributed by atoms with Crippen molar-refractivity contribution in [3.8, 4) is 0 Å². The van der Waals surface area contributed by atoms with Crippen LogP contribution in [-0.4, -0.2) is 5.91 Å². The maximum Gasteiger partial charge on any atom is 0.248 e. The molecule has 0 spiro atoms. The number of carbonyl (C=O) groups excluding carboxylic acids is 1. The van der Waals surface area contributed by atoms with E-state index in [0.29, 0.717) is 11.5 Å². The molecule has 0 atom stereocenters. The van der Waals surface area contributed by atoms with E-state index in [2.05, 4.69) is 38.1 Å². The fourth-order valence-corrected chi connectivity index (χ4v) is 1.98. The Hall–Kier alpha value is -2.35. The molecule has 2 heteroatoms. The van der Waals surface area contributed by atoms with E-state index in [-0.39, 0.29) is 0 Å². The van der Waals surface area contributed by atoms with Crippen molar-refractivity contribution in [3.05, 3.63) is 70.8 Å². The van der Waals surface area contributed by atoms with Gasteiger partial charge in [-0.25, -0.2) is 0 Å². The summed E-state index contributed by atoms with van der Waals surface area (Å²) < 4.78 is 0. The molecule has 2 aromatic carbocycles. The lowest BCUT2D eigenvalue weighted by atomic mass is 10.0. The lowest BCUT2D eigenvalue weighted by Gasteiger charge is -2.04. The van der Waals surface area contributed by atoms with Gasteiger partial charge in [0.2, 0.25) is 5.91 Å². The van der Waals surface area contributed by atoms with E-state index >= 15 is 0 Å². The first-order chi connectivity index (χ1) is 9.56. The Labute approximate surface area is 119 Å². The molecular weight excluding hydrogens is 246 g/mol. The highest BCUT2D eigenvalue weighted by atomic mass is 16.1. The molecule has 20 heavy (non-hydrogen) atoms. The van der Waals surface area contributed by atoms with Gasteiger partial charge in [-0.1, -0.05) is 62.4 Å². The molecule has 102 valence electrons. The number of primary amides is 1. The summed E-state index contributed by atoms with van der Waals surface area (Å²) in [6, 6.07) is 15.8. The minimum atomic E-state index is -0.401. The molecule has 0 aromatic heterocycles. The largest absolute Gasteiger partial charge is 0.366 e. The van der Waals surface area contributed by atoms with Gasteiger partial charge in [-0.15, -0.1) is 0 Å². The van der Waals surface area contributed by atoms with Crippen LogP contribution < -0.4 is 5.73 Å². The number of hydrogen-bond acceptors (Lipinski definition) is 1. The second kappa shape index (κ2) is 6.20. The Kier molecular flexibility index (Phi) is 4.36. The number of rotatable bonds is 4. The molecule has 1 amide bonds. The summed E-state index contributed by atoms with van der Waals surface area (Å²) in [5, 5.41) is 0. The standard InChI is InChI=1S/C18H19NO/c1-13(2)16-10-8-14(9-11-16)6-7-15-4-3-5-17(12-15)18(19)20/h3-13H,1-2H3,(H2,19,20)/b7-6+. The fraction of sp³-hybridized carbons (Fsp3) is 0.167. The molecule has 2 N–H and O–H groups in total. The summed E-state index contributed by atoms with van der Waals surface area (Å²) in [4.78, 5) is 11.1. The SMILES string of the molecule is CC(C)c1ccc(/C=C/c2cccc(C(N)=O)c2)cc1. The average Bonchev–Trinajstić information content (AvgIpc) is 2.46. The maximum absolute atomic E-state index is 11.1. The van der Waals surface area contributed by atoms with Gasteiger partial charge in [0.05, 0.1) is 0 Å². The third kappa shape index (κ3) is 3.58. The molecule has 0 radical (unpaired) electrons. The van der Waals surface area contributed by atoms with Gasteiger partial charge >= 0.3 is 0 Å². The highest BCUT2D eigenvalue weighted by Crippen LogP contribution is 2.16. The number of carbonyl (C=O) groups is 1. The summed E-state index contributed by atoms with van der Waals surface area (Å²) in [7, 11) is 0. The second-order valence-electron chi connectivity index (χ2n) is 5.14. The zero-order chi connectivity index (χ0) is 14.5. The summed E-state index contributed by atoms with van der Waals surface area (Å²) in [6.45, 7) is 4.36.